The van der Waals surface area contributed by atoms with Crippen molar-refractivity contribution in [2.45, 2.75) is 49.1 Å². The minimum absolute atomic E-state index is 0.161. The molecule has 2 heterocycles. The fourth-order valence-corrected chi connectivity index (χ4v) is 3.26. The molecule has 1 saturated carbocycles. The van der Waals surface area contributed by atoms with Gasteiger partial charge in [0.25, 0.3) is 5.22 Å². The average Bonchev–Trinajstić information content (AvgIpc) is 3.27. The van der Waals surface area contributed by atoms with Crippen molar-refractivity contribution in [3.05, 3.63) is 24.5 Å². The van der Waals surface area contributed by atoms with Crippen LogP contribution in [0.3, 0.4) is 0 Å². The van der Waals surface area contributed by atoms with Crippen molar-refractivity contribution in [2.75, 3.05) is 0 Å². The van der Waals surface area contributed by atoms with Crippen LogP contribution in [-0.2, 0) is 4.79 Å². The Morgan fingerprint density at radius 2 is 2.12 bits per heavy atom. The van der Waals surface area contributed by atoms with Gasteiger partial charge in [0.1, 0.15) is 0 Å². The lowest BCUT2D eigenvalue weighted by molar-refractivity contribution is -0.119. The zero-order valence-electron chi connectivity index (χ0n) is 13.8. The maximum Gasteiger partial charge on any atom is 0.321 e. The van der Waals surface area contributed by atoms with Crippen molar-refractivity contribution in [1.82, 2.24) is 25.8 Å². The van der Waals surface area contributed by atoms with Crippen LogP contribution in [0.1, 0.15) is 32.6 Å². The van der Waals surface area contributed by atoms with Gasteiger partial charge in [-0.25, -0.2) is 4.79 Å². The zero-order valence-corrected chi connectivity index (χ0v) is 14.6. The SMILES string of the molecule is C[C@@H](Sc1nnc(-c2cccnc2)o1)C(=O)NC(=O)NC1CCCC1. The van der Waals surface area contributed by atoms with Gasteiger partial charge >= 0.3 is 6.03 Å². The molecule has 0 spiro atoms. The minimum Gasteiger partial charge on any atom is -0.411 e. The van der Waals surface area contributed by atoms with Gasteiger partial charge in [-0.1, -0.05) is 24.6 Å². The Morgan fingerprint density at radius 1 is 1.32 bits per heavy atom. The first kappa shape index (κ1) is 17.4. The number of urea groups is 1. The molecular weight excluding hydrogens is 342 g/mol. The Labute approximate surface area is 149 Å². The summed E-state index contributed by atoms with van der Waals surface area (Å²) in [6.07, 6.45) is 7.42. The molecule has 0 aliphatic heterocycles. The van der Waals surface area contributed by atoms with E-state index in [1.54, 1.807) is 31.5 Å². The van der Waals surface area contributed by atoms with Crippen LogP contribution in [0.2, 0.25) is 0 Å². The third-order valence-corrected chi connectivity index (χ3v) is 4.82. The van der Waals surface area contributed by atoms with Crippen LogP contribution < -0.4 is 10.6 Å². The van der Waals surface area contributed by atoms with E-state index in [2.05, 4.69) is 25.8 Å². The van der Waals surface area contributed by atoms with E-state index in [0.29, 0.717) is 11.5 Å². The number of imide groups is 1. The maximum absolute atomic E-state index is 12.1. The second-order valence-corrected chi connectivity index (χ2v) is 7.11. The molecule has 2 aromatic heterocycles. The summed E-state index contributed by atoms with van der Waals surface area (Å²) < 4.78 is 5.52. The zero-order chi connectivity index (χ0) is 17.6. The number of aromatic nitrogens is 3. The first-order chi connectivity index (χ1) is 12.1. The molecule has 3 amide bonds. The molecule has 2 N–H and O–H groups in total. The molecule has 0 unspecified atom stereocenters. The van der Waals surface area contributed by atoms with Gasteiger partial charge in [-0.15, -0.1) is 10.2 Å². The van der Waals surface area contributed by atoms with Gasteiger partial charge in [0.2, 0.25) is 11.8 Å². The highest BCUT2D eigenvalue weighted by Gasteiger charge is 2.22. The van der Waals surface area contributed by atoms with E-state index in [9.17, 15) is 9.59 Å². The van der Waals surface area contributed by atoms with Gasteiger partial charge < -0.3 is 9.73 Å². The lowest BCUT2D eigenvalue weighted by Gasteiger charge is -2.13. The number of amides is 3. The summed E-state index contributed by atoms with van der Waals surface area (Å²) in [5, 5.41) is 12.7. The molecule has 0 saturated heterocycles. The molecule has 2 aromatic rings. The molecule has 9 heteroatoms. The van der Waals surface area contributed by atoms with Crippen molar-refractivity contribution in [3.63, 3.8) is 0 Å². The van der Waals surface area contributed by atoms with Crippen molar-refractivity contribution in [1.29, 1.82) is 0 Å². The second kappa shape index (κ2) is 8.11. The topological polar surface area (TPSA) is 110 Å². The van der Waals surface area contributed by atoms with Crippen LogP contribution in [0.5, 0.6) is 0 Å². The van der Waals surface area contributed by atoms with Gasteiger partial charge in [0.15, 0.2) is 0 Å². The third kappa shape index (κ3) is 4.79. The normalized spacial score (nSPS) is 15.7. The molecule has 0 aromatic carbocycles. The Balaban J connectivity index is 1.51. The molecular formula is C16H19N5O3S. The average molecular weight is 361 g/mol. The largest absolute Gasteiger partial charge is 0.411 e. The summed E-state index contributed by atoms with van der Waals surface area (Å²) in [4.78, 5) is 28.0. The van der Waals surface area contributed by atoms with Gasteiger partial charge in [0, 0.05) is 18.4 Å². The van der Waals surface area contributed by atoms with Gasteiger partial charge in [-0.2, -0.15) is 0 Å². The number of nitrogens with one attached hydrogen (secondary N) is 2. The van der Waals surface area contributed by atoms with E-state index >= 15 is 0 Å². The Hall–Kier alpha value is -2.42. The molecule has 0 radical (unpaired) electrons. The van der Waals surface area contributed by atoms with Crippen LogP contribution in [0, 0.1) is 0 Å². The predicted molar refractivity (Wildman–Crippen MR) is 91.8 cm³/mol. The Bertz CT molecular complexity index is 730. The summed E-state index contributed by atoms with van der Waals surface area (Å²) in [7, 11) is 0. The van der Waals surface area contributed by atoms with E-state index in [0.717, 1.165) is 37.4 Å². The molecule has 1 aliphatic carbocycles. The van der Waals surface area contributed by atoms with E-state index in [1.165, 1.54) is 0 Å². The fourth-order valence-electron chi connectivity index (χ4n) is 2.57. The Morgan fingerprint density at radius 3 is 2.84 bits per heavy atom. The van der Waals surface area contributed by atoms with E-state index in [1.807, 2.05) is 0 Å². The quantitative estimate of drug-likeness (QED) is 0.787. The summed E-state index contributed by atoms with van der Waals surface area (Å²) in [5.74, 6) is -0.0659. The standard InChI is InChI=1S/C16H19N5O3S/c1-10(13(22)19-15(23)18-12-6-2-3-7-12)25-16-21-20-14(24-16)11-5-4-8-17-9-11/h4-5,8-10,12H,2-3,6-7H2,1H3,(H2,18,19,22,23)/t10-/m1/s1. The third-order valence-electron chi connectivity index (χ3n) is 3.89. The Kier molecular flexibility index (Phi) is 5.64. The molecule has 1 atom stereocenters. The number of hydrogen-bond acceptors (Lipinski definition) is 7. The van der Waals surface area contributed by atoms with Crippen molar-refractivity contribution in [3.8, 4) is 11.5 Å². The number of carbonyl (C=O) groups is 2. The lowest BCUT2D eigenvalue weighted by Crippen LogP contribution is -2.45. The van der Waals surface area contributed by atoms with Crippen LogP contribution >= 0.6 is 11.8 Å². The monoisotopic (exact) mass is 361 g/mol. The van der Waals surface area contributed by atoms with Crippen molar-refractivity contribution < 1.29 is 14.0 Å². The van der Waals surface area contributed by atoms with Crippen molar-refractivity contribution in [2.24, 2.45) is 0 Å². The van der Waals surface area contributed by atoms with Crippen LogP contribution in [-0.4, -0.2) is 38.4 Å². The highest BCUT2D eigenvalue weighted by molar-refractivity contribution is 8.00. The van der Waals surface area contributed by atoms with Crippen LogP contribution in [0.25, 0.3) is 11.5 Å². The number of carbonyl (C=O) groups excluding carboxylic acids is 2. The van der Waals surface area contributed by atoms with E-state index in [4.69, 9.17) is 4.42 Å². The molecule has 1 aliphatic rings. The molecule has 25 heavy (non-hydrogen) atoms. The first-order valence-electron chi connectivity index (χ1n) is 8.14. The molecule has 132 valence electrons. The number of thioether (sulfide) groups is 1. The maximum atomic E-state index is 12.1. The second-order valence-electron chi connectivity index (χ2n) is 5.82. The van der Waals surface area contributed by atoms with Crippen LogP contribution in [0.4, 0.5) is 4.79 Å². The predicted octanol–water partition coefficient (Wildman–Crippen LogP) is 2.38. The molecule has 0 bridgehead atoms. The van der Waals surface area contributed by atoms with Gasteiger partial charge in [0.05, 0.1) is 10.8 Å². The number of hydrogen-bond donors (Lipinski definition) is 2. The summed E-state index contributed by atoms with van der Waals surface area (Å²) in [6, 6.07) is 3.28. The highest BCUT2D eigenvalue weighted by atomic mass is 32.2. The molecule has 3 rings (SSSR count). The summed E-state index contributed by atoms with van der Waals surface area (Å²) in [5.41, 5.74) is 0.704. The number of rotatable bonds is 5. The summed E-state index contributed by atoms with van der Waals surface area (Å²) in [6.45, 7) is 1.68. The van der Waals surface area contributed by atoms with Crippen LogP contribution in [0.15, 0.2) is 34.2 Å². The van der Waals surface area contributed by atoms with Gasteiger partial charge in [-0.05, 0) is 31.9 Å². The first-order valence-corrected chi connectivity index (χ1v) is 9.01. The van der Waals surface area contributed by atoms with E-state index in [-0.39, 0.29) is 11.3 Å². The molecule has 8 nitrogen and oxygen atoms in total. The van der Waals surface area contributed by atoms with E-state index < -0.39 is 17.2 Å². The fraction of sp³-hybridized carbons (Fsp3) is 0.438. The van der Waals surface area contributed by atoms with Gasteiger partial charge in [-0.3, -0.25) is 15.1 Å². The number of pyridine rings is 1. The smallest absolute Gasteiger partial charge is 0.321 e. The lowest BCUT2D eigenvalue weighted by atomic mass is 10.2. The van der Waals surface area contributed by atoms with Crippen molar-refractivity contribution >= 4 is 23.7 Å². The minimum atomic E-state index is -0.545. The summed E-state index contributed by atoms with van der Waals surface area (Å²) >= 11 is 1.10. The highest BCUT2D eigenvalue weighted by Crippen LogP contribution is 2.25. The molecule has 1 fully saturated rings. The number of nitrogens with zero attached hydrogens (tertiary/aromatic N) is 3.